The first-order valence-corrected chi connectivity index (χ1v) is 6.10. The number of nitrogens with zero attached hydrogens (tertiary/aromatic N) is 1. The van der Waals surface area contributed by atoms with Gasteiger partial charge in [-0.1, -0.05) is 0 Å². The monoisotopic (exact) mass is 209 g/mol. The molecule has 0 aromatic rings. The second-order valence-corrected chi connectivity index (χ2v) is 5.17. The first kappa shape index (κ1) is 9.60. The summed E-state index contributed by atoms with van der Waals surface area (Å²) in [6, 6.07) is 0.429. The lowest BCUT2D eigenvalue weighted by Crippen LogP contribution is -2.55. The van der Waals surface area contributed by atoms with Crippen molar-refractivity contribution in [3.05, 3.63) is 0 Å². The van der Waals surface area contributed by atoms with Gasteiger partial charge in [-0.15, -0.1) is 0 Å². The van der Waals surface area contributed by atoms with E-state index < -0.39 is 0 Å². The molecule has 0 bridgehead atoms. The van der Waals surface area contributed by atoms with Gasteiger partial charge in [0.15, 0.2) is 0 Å². The number of carbonyl (C=O) groups is 1. The second-order valence-electron chi connectivity index (χ2n) is 5.17. The van der Waals surface area contributed by atoms with Gasteiger partial charge in [0.05, 0.1) is 6.04 Å². The Morgan fingerprint density at radius 2 is 2.00 bits per heavy atom. The highest BCUT2D eigenvalue weighted by Crippen LogP contribution is 2.39. The third-order valence-corrected chi connectivity index (χ3v) is 4.10. The molecule has 1 saturated carbocycles. The van der Waals surface area contributed by atoms with Gasteiger partial charge in [0.25, 0.3) is 0 Å². The van der Waals surface area contributed by atoms with Crippen LogP contribution >= 0.6 is 0 Å². The summed E-state index contributed by atoms with van der Waals surface area (Å²) in [4.78, 5) is 11.9. The van der Waals surface area contributed by atoms with E-state index in [1.54, 1.807) is 0 Å². The van der Waals surface area contributed by atoms with Gasteiger partial charge in [0.1, 0.15) is 0 Å². The maximum Gasteiger partial charge on any atom is 0.238 e. The molecule has 3 rings (SSSR count). The molecule has 1 aliphatic carbocycles. The SMILES string of the molecule is O=C1CC2(CCC2)NN1C1CCNCC1. The number of rotatable bonds is 1. The van der Waals surface area contributed by atoms with Gasteiger partial charge < -0.3 is 5.32 Å². The summed E-state index contributed by atoms with van der Waals surface area (Å²) in [5, 5.41) is 5.28. The van der Waals surface area contributed by atoms with Crippen LogP contribution in [0.1, 0.15) is 38.5 Å². The van der Waals surface area contributed by atoms with Gasteiger partial charge in [-0.05, 0) is 45.2 Å². The minimum Gasteiger partial charge on any atom is -0.317 e. The molecule has 3 aliphatic rings. The highest BCUT2D eigenvalue weighted by Gasteiger charge is 2.48. The molecule has 2 saturated heterocycles. The maximum atomic E-state index is 11.9. The number of hydrazine groups is 1. The van der Waals surface area contributed by atoms with Crippen molar-refractivity contribution in [2.75, 3.05) is 13.1 Å². The second kappa shape index (κ2) is 3.46. The van der Waals surface area contributed by atoms with E-state index in [0.29, 0.717) is 11.9 Å². The predicted molar refractivity (Wildman–Crippen MR) is 57.1 cm³/mol. The normalized spacial score (nSPS) is 30.9. The molecule has 0 aromatic heterocycles. The number of carbonyl (C=O) groups excluding carboxylic acids is 1. The van der Waals surface area contributed by atoms with Gasteiger partial charge >= 0.3 is 0 Å². The average Bonchev–Trinajstić information content (AvgIpc) is 2.57. The summed E-state index contributed by atoms with van der Waals surface area (Å²) < 4.78 is 0. The molecule has 2 aliphatic heterocycles. The van der Waals surface area contributed by atoms with Crippen molar-refractivity contribution < 1.29 is 4.79 Å². The molecular weight excluding hydrogens is 190 g/mol. The molecule has 4 heteroatoms. The first-order chi connectivity index (χ1) is 7.29. The lowest BCUT2D eigenvalue weighted by molar-refractivity contribution is -0.132. The van der Waals surface area contributed by atoms with E-state index in [1.807, 2.05) is 5.01 Å². The average molecular weight is 209 g/mol. The summed E-state index contributed by atoms with van der Waals surface area (Å²) in [5.74, 6) is 0.321. The summed E-state index contributed by atoms with van der Waals surface area (Å²) >= 11 is 0. The minimum absolute atomic E-state index is 0.169. The van der Waals surface area contributed by atoms with Crippen LogP contribution in [0.5, 0.6) is 0 Å². The van der Waals surface area contributed by atoms with Crippen molar-refractivity contribution in [2.24, 2.45) is 0 Å². The minimum atomic E-state index is 0.169. The van der Waals surface area contributed by atoms with Crippen LogP contribution in [0.25, 0.3) is 0 Å². The lowest BCUT2D eigenvalue weighted by atomic mass is 9.76. The predicted octanol–water partition coefficient (Wildman–Crippen LogP) is 0.398. The van der Waals surface area contributed by atoms with E-state index in [1.165, 1.54) is 19.3 Å². The van der Waals surface area contributed by atoms with E-state index >= 15 is 0 Å². The van der Waals surface area contributed by atoms with Crippen LogP contribution in [0.3, 0.4) is 0 Å². The standard InChI is InChI=1S/C11H19N3O/c15-10-8-11(4-1-5-11)13-14(10)9-2-6-12-7-3-9/h9,12-13H,1-8H2. The topological polar surface area (TPSA) is 44.4 Å². The highest BCUT2D eigenvalue weighted by atomic mass is 16.2. The fourth-order valence-electron chi connectivity index (χ4n) is 2.98. The van der Waals surface area contributed by atoms with Crippen LogP contribution in [-0.2, 0) is 4.79 Å². The Morgan fingerprint density at radius 3 is 2.53 bits per heavy atom. The Balaban J connectivity index is 1.68. The van der Waals surface area contributed by atoms with Gasteiger partial charge in [-0.3, -0.25) is 9.80 Å². The van der Waals surface area contributed by atoms with Crippen molar-refractivity contribution in [3.8, 4) is 0 Å². The van der Waals surface area contributed by atoms with Crippen molar-refractivity contribution in [1.82, 2.24) is 15.8 Å². The third kappa shape index (κ3) is 1.56. The van der Waals surface area contributed by atoms with E-state index in [4.69, 9.17) is 0 Å². The van der Waals surface area contributed by atoms with Crippen LogP contribution in [0, 0.1) is 0 Å². The van der Waals surface area contributed by atoms with Crippen molar-refractivity contribution in [3.63, 3.8) is 0 Å². The molecule has 0 unspecified atom stereocenters. The quantitative estimate of drug-likeness (QED) is 0.657. The third-order valence-electron chi connectivity index (χ3n) is 4.10. The molecular formula is C11H19N3O. The van der Waals surface area contributed by atoms with Gasteiger partial charge in [-0.2, -0.15) is 0 Å². The number of nitrogens with one attached hydrogen (secondary N) is 2. The Morgan fingerprint density at radius 1 is 1.27 bits per heavy atom. The Hall–Kier alpha value is -0.610. The van der Waals surface area contributed by atoms with Crippen LogP contribution in [0.15, 0.2) is 0 Å². The van der Waals surface area contributed by atoms with Crippen molar-refractivity contribution in [2.45, 2.75) is 50.1 Å². The first-order valence-electron chi connectivity index (χ1n) is 6.10. The van der Waals surface area contributed by atoms with Gasteiger partial charge in [0, 0.05) is 12.0 Å². The number of hydrogen-bond donors (Lipinski definition) is 2. The van der Waals surface area contributed by atoms with E-state index in [0.717, 1.165) is 32.4 Å². The molecule has 4 nitrogen and oxygen atoms in total. The van der Waals surface area contributed by atoms with Crippen LogP contribution in [0.2, 0.25) is 0 Å². The lowest BCUT2D eigenvalue weighted by Gasteiger charge is -2.40. The van der Waals surface area contributed by atoms with E-state index in [9.17, 15) is 4.79 Å². The van der Waals surface area contributed by atoms with Crippen molar-refractivity contribution >= 4 is 5.91 Å². The molecule has 3 fully saturated rings. The maximum absolute atomic E-state index is 11.9. The fraction of sp³-hybridized carbons (Fsp3) is 0.909. The molecule has 0 radical (unpaired) electrons. The largest absolute Gasteiger partial charge is 0.317 e. The Labute approximate surface area is 90.4 Å². The molecule has 84 valence electrons. The number of amides is 1. The van der Waals surface area contributed by atoms with E-state index in [2.05, 4.69) is 10.7 Å². The van der Waals surface area contributed by atoms with Crippen LogP contribution < -0.4 is 10.7 Å². The zero-order chi connectivity index (χ0) is 10.3. The summed E-state index contributed by atoms with van der Waals surface area (Å²) in [5.41, 5.74) is 3.65. The van der Waals surface area contributed by atoms with Gasteiger partial charge in [0.2, 0.25) is 5.91 Å². The zero-order valence-corrected chi connectivity index (χ0v) is 9.09. The fourth-order valence-corrected chi connectivity index (χ4v) is 2.98. The Kier molecular flexibility index (Phi) is 2.21. The van der Waals surface area contributed by atoms with Crippen LogP contribution in [-0.4, -0.2) is 35.6 Å². The zero-order valence-electron chi connectivity index (χ0n) is 9.09. The molecule has 1 amide bonds. The summed E-state index contributed by atoms with van der Waals surface area (Å²) in [6.45, 7) is 2.09. The van der Waals surface area contributed by atoms with Crippen molar-refractivity contribution in [1.29, 1.82) is 0 Å². The molecule has 2 heterocycles. The molecule has 2 N–H and O–H groups in total. The Bertz CT molecular complexity index is 269. The molecule has 0 atom stereocenters. The molecule has 1 spiro atoms. The molecule has 15 heavy (non-hydrogen) atoms. The summed E-state index contributed by atoms with van der Waals surface area (Å²) in [7, 11) is 0. The molecule has 0 aromatic carbocycles. The summed E-state index contributed by atoms with van der Waals surface area (Å²) in [6.07, 6.45) is 6.56. The smallest absolute Gasteiger partial charge is 0.238 e. The van der Waals surface area contributed by atoms with Crippen LogP contribution in [0.4, 0.5) is 0 Å². The highest BCUT2D eigenvalue weighted by molar-refractivity contribution is 5.80. The number of piperidine rings is 1. The number of hydrogen-bond acceptors (Lipinski definition) is 3. The van der Waals surface area contributed by atoms with Gasteiger partial charge in [-0.25, -0.2) is 5.43 Å². The van der Waals surface area contributed by atoms with E-state index in [-0.39, 0.29) is 5.54 Å².